The second-order valence-electron chi connectivity index (χ2n) is 4.40. The number of thioether (sulfide) groups is 1. The largest absolute Gasteiger partial charge is 0.158 e. The maximum atomic E-state index is 2.29. The fourth-order valence-corrected chi connectivity index (χ4v) is 5.56. The van der Waals surface area contributed by atoms with Crippen molar-refractivity contribution in [2.45, 2.75) is 43.5 Å². The predicted octanol–water partition coefficient (Wildman–Crippen LogP) is 4.05. The van der Waals surface area contributed by atoms with E-state index in [-0.39, 0.29) is 0 Å². The molecular weight excluding hydrogens is 231 g/mol. The second-order valence-corrected chi connectivity index (χ2v) is 7.52. The summed E-state index contributed by atoms with van der Waals surface area (Å²) in [5, 5.41) is 2.48. The Bertz CT molecular complexity index is 297. The van der Waals surface area contributed by atoms with E-state index in [0.29, 0.717) is 0 Å². The zero-order chi connectivity index (χ0) is 11.2. The number of hydrogen-bond acceptors (Lipinski definition) is 1. The van der Waals surface area contributed by atoms with Crippen molar-refractivity contribution in [3.8, 4) is 0 Å². The fraction of sp³-hybridized carbons (Fsp3) is 0.571. The highest BCUT2D eigenvalue weighted by Gasteiger charge is 2.24. The molecule has 0 radical (unpaired) electrons. The van der Waals surface area contributed by atoms with E-state index < -0.39 is 0 Å². The summed E-state index contributed by atoms with van der Waals surface area (Å²) in [7, 11) is 1.02. The van der Waals surface area contributed by atoms with Crippen molar-refractivity contribution in [1.82, 2.24) is 0 Å². The van der Waals surface area contributed by atoms with Gasteiger partial charge >= 0.3 is 0 Å². The maximum absolute atomic E-state index is 2.29. The first-order chi connectivity index (χ1) is 7.90. The van der Waals surface area contributed by atoms with Crippen molar-refractivity contribution in [1.29, 1.82) is 0 Å². The molecule has 0 heterocycles. The van der Waals surface area contributed by atoms with Gasteiger partial charge in [-0.3, -0.25) is 0 Å². The summed E-state index contributed by atoms with van der Waals surface area (Å²) < 4.78 is 0. The molecule has 1 aromatic rings. The summed E-state index contributed by atoms with van der Waals surface area (Å²) in [4.78, 5) is 0. The highest BCUT2D eigenvalue weighted by molar-refractivity contribution is 8.00. The molecule has 0 spiro atoms. The van der Waals surface area contributed by atoms with Crippen LogP contribution in [-0.2, 0) is 0 Å². The third-order valence-corrected chi connectivity index (χ3v) is 6.50. The van der Waals surface area contributed by atoms with Gasteiger partial charge in [-0.15, -0.1) is 0 Å². The van der Waals surface area contributed by atoms with Crippen molar-refractivity contribution in [2.24, 2.45) is 0 Å². The van der Waals surface area contributed by atoms with Crippen LogP contribution in [0.25, 0.3) is 0 Å². The van der Waals surface area contributed by atoms with E-state index in [2.05, 4.69) is 49.0 Å². The minimum Gasteiger partial charge on any atom is -0.158 e. The Labute approximate surface area is 105 Å². The quantitative estimate of drug-likeness (QED) is 0.728. The van der Waals surface area contributed by atoms with Crippen LogP contribution in [0.3, 0.4) is 0 Å². The minimum atomic E-state index is 0.928. The molecule has 2 heteroatoms. The molecule has 88 valence electrons. The zero-order valence-corrected chi connectivity index (χ0v) is 11.8. The number of hydrogen-bond donors (Lipinski definition) is 0. The van der Waals surface area contributed by atoms with Gasteiger partial charge in [-0.05, 0) is 29.6 Å². The Morgan fingerprint density at radius 2 is 1.94 bits per heavy atom. The standard InChI is InChI=1S/C14H21PS/c1-2-16-14-11-7-6-10-13(14)15-12-8-4-3-5-9-12/h3-5,8-9,13-15H,2,6-7,10-11H2,1H3/t13-,14-/m1/s1. The lowest BCUT2D eigenvalue weighted by Crippen LogP contribution is -2.25. The van der Waals surface area contributed by atoms with Crippen molar-refractivity contribution in [2.75, 3.05) is 5.75 Å². The van der Waals surface area contributed by atoms with Gasteiger partial charge in [0.05, 0.1) is 0 Å². The first-order valence-corrected chi connectivity index (χ1v) is 8.46. The molecule has 2 rings (SSSR count). The number of rotatable bonds is 4. The van der Waals surface area contributed by atoms with Crippen LogP contribution in [0.2, 0.25) is 0 Å². The summed E-state index contributed by atoms with van der Waals surface area (Å²) in [6, 6.07) is 11.1. The molecule has 16 heavy (non-hydrogen) atoms. The molecule has 1 saturated carbocycles. The molecule has 0 N–H and O–H groups in total. The van der Waals surface area contributed by atoms with Gasteiger partial charge in [0.1, 0.15) is 0 Å². The van der Waals surface area contributed by atoms with Crippen molar-refractivity contribution >= 4 is 25.6 Å². The average molecular weight is 252 g/mol. The van der Waals surface area contributed by atoms with Crippen molar-refractivity contribution in [3.05, 3.63) is 30.3 Å². The lowest BCUT2D eigenvalue weighted by Gasteiger charge is -2.31. The Morgan fingerprint density at radius 3 is 2.69 bits per heavy atom. The molecule has 0 saturated heterocycles. The number of benzene rings is 1. The topological polar surface area (TPSA) is 0 Å². The third-order valence-electron chi connectivity index (χ3n) is 3.21. The lowest BCUT2D eigenvalue weighted by atomic mass is 10.00. The van der Waals surface area contributed by atoms with Crippen molar-refractivity contribution < 1.29 is 0 Å². The average Bonchev–Trinajstić information content (AvgIpc) is 2.33. The first-order valence-electron chi connectivity index (χ1n) is 6.33. The van der Waals surface area contributed by atoms with Crippen LogP contribution in [0.5, 0.6) is 0 Å². The molecule has 0 aliphatic heterocycles. The molecule has 1 fully saturated rings. The van der Waals surface area contributed by atoms with Gasteiger partial charge in [0.2, 0.25) is 0 Å². The molecule has 1 aliphatic rings. The zero-order valence-electron chi connectivity index (χ0n) is 9.99. The molecule has 0 aromatic heterocycles. The Morgan fingerprint density at radius 1 is 1.19 bits per heavy atom. The molecule has 1 unspecified atom stereocenters. The molecule has 1 aliphatic carbocycles. The first kappa shape index (κ1) is 12.5. The predicted molar refractivity (Wildman–Crippen MR) is 78.6 cm³/mol. The Kier molecular flexibility index (Phi) is 5.19. The van der Waals surface area contributed by atoms with Crippen LogP contribution in [-0.4, -0.2) is 16.7 Å². The van der Waals surface area contributed by atoms with Crippen LogP contribution >= 0.6 is 20.3 Å². The fourth-order valence-electron chi connectivity index (χ4n) is 2.42. The summed E-state index contributed by atoms with van der Waals surface area (Å²) in [5.41, 5.74) is 0.945. The molecule has 0 nitrogen and oxygen atoms in total. The molecule has 1 aromatic carbocycles. The summed E-state index contributed by atoms with van der Waals surface area (Å²) >= 11 is 2.19. The molecule has 0 amide bonds. The van der Waals surface area contributed by atoms with Gasteiger partial charge in [-0.25, -0.2) is 0 Å². The van der Waals surface area contributed by atoms with E-state index in [1.165, 1.54) is 31.4 Å². The van der Waals surface area contributed by atoms with Gasteiger partial charge in [-0.2, -0.15) is 11.8 Å². The highest BCUT2D eigenvalue weighted by Crippen LogP contribution is 2.38. The maximum Gasteiger partial charge on any atom is 0.0115 e. The summed E-state index contributed by atoms with van der Waals surface area (Å²) in [5.74, 6) is 1.28. The van der Waals surface area contributed by atoms with Crippen LogP contribution in [0.15, 0.2) is 30.3 Å². The third kappa shape index (κ3) is 3.50. The highest BCUT2D eigenvalue weighted by atomic mass is 32.2. The molecular formula is C14H21PS. The van der Waals surface area contributed by atoms with Gasteiger partial charge in [0.15, 0.2) is 0 Å². The van der Waals surface area contributed by atoms with E-state index in [1.807, 2.05) is 0 Å². The van der Waals surface area contributed by atoms with Crippen LogP contribution in [0.4, 0.5) is 0 Å². The lowest BCUT2D eigenvalue weighted by molar-refractivity contribution is 0.526. The van der Waals surface area contributed by atoms with Gasteiger partial charge < -0.3 is 0 Å². The normalized spacial score (nSPS) is 26.3. The van der Waals surface area contributed by atoms with E-state index >= 15 is 0 Å². The Hall–Kier alpha value is 0. The van der Waals surface area contributed by atoms with Gasteiger partial charge in [0.25, 0.3) is 0 Å². The molecule has 0 bridgehead atoms. The van der Waals surface area contributed by atoms with E-state index in [1.54, 1.807) is 5.30 Å². The summed E-state index contributed by atoms with van der Waals surface area (Å²) in [6.07, 6.45) is 5.80. The summed E-state index contributed by atoms with van der Waals surface area (Å²) in [6.45, 7) is 2.29. The minimum absolute atomic E-state index is 0.928. The molecule has 3 atom stereocenters. The van der Waals surface area contributed by atoms with Crippen LogP contribution in [0.1, 0.15) is 32.6 Å². The van der Waals surface area contributed by atoms with E-state index in [4.69, 9.17) is 0 Å². The van der Waals surface area contributed by atoms with Gasteiger partial charge in [-0.1, -0.05) is 58.7 Å². The monoisotopic (exact) mass is 252 g/mol. The Balaban J connectivity index is 1.96. The van der Waals surface area contributed by atoms with Crippen LogP contribution in [0, 0.1) is 0 Å². The second kappa shape index (κ2) is 6.67. The smallest absolute Gasteiger partial charge is 0.0115 e. The van der Waals surface area contributed by atoms with Gasteiger partial charge in [0, 0.05) is 5.25 Å². The van der Waals surface area contributed by atoms with E-state index in [0.717, 1.165) is 19.5 Å². The van der Waals surface area contributed by atoms with Crippen LogP contribution < -0.4 is 5.30 Å². The van der Waals surface area contributed by atoms with E-state index in [9.17, 15) is 0 Å². The van der Waals surface area contributed by atoms with Crippen molar-refractivity contribution in [3.63, 3.8) is 0 Å². The SMILES string of the molecule is CCS[C@@H]1CCCC[C@H]1Pc1ccccc1.